The Labute approximate surface area is 87.8 Å². The molecule has 0 amide bonds. The summed E-state index contributed by atoms with van der Waals surface area (Å²) in [5.74, 6) is 0. The first kappa shape index (κ1) is 12.0. The van der Waals surface area contributed by atoms with Gasteiger partial charge >= 0.3 is 0 Å². The van der Waals surface area contributed by atoms with Crippen LogP contribution in [0.5, 0.6) is 0 Å². The average molecular weight is 200 g/mol. The highest BCUT2D eigenvalue weighted by Gasteiger charge is 2.35. The lowest BCUT2D eigenvalue weighted by atomic mass is 10.2. The topological polar surface area (TPSA) is 24.5 Å². The minimum atomic E-state index is 0.446. The van der Waals surface area contributed by atoms with Gasteiger partial charge in [0, 0.05) is 31.7 Å². The van der Waals surface area contributed by atoms with Gasteiger partial charge in [0.1, 0.15) is 0 Å². The maximum absolute atomic E-state index is 5.68. The Balaban J connectivity index is 0.000000461. The molecule has 0 aliphatic carbocycles. The van der Waals surface area contributed by atoms with E-state index in [1.165, 1.54) is 0 Å². The average Bonchev–Trinajstić information content (AvgIpc) is 2.64. The molecule has 0 radical (unpaired) electrons. The van der Waals surface area contributed by atoms with Gasteiger partial charge in [0.15, 0.2) is 0 Å². The maximum atomic E-state index is 5.68. The summed E-state index contributed by atoms with van der Waals surface area (Å²) >= 11 is 0. The molecule has 2 rings (SSSR count). The van der Waals surface area contributed by atoms with Gasteiger partial charge in [-0.25, -0.2) is 0 Å². The van der Waals surface area contributed by atoms with Crippen molar-refractivity contribution in [2.24, 2.45) is 0 Å². The molecule has 0 saturated carbocycles. The summed E-state index contributed by atoms with van der Waals surface area (Å²) in [6.45, 7) is 12.7. The van der Waals surface area contributed by atoms with Gasteiger partial charge in [0.05, 0.1) is 12.7 Å². The summed E-state index contributed by atoms with van der Waals surface area (Å²) in [6.07, 6.45) is 0.446. The fourth-order valence-corrected chi connectivity index (χ4v) is 2.04. The summed E-state index contributed by atoms with van der Waals surface area (Å²) in [7, 11) is 0. The molecule has 1 N–H and O–H groups in total. The van der Waals surface area contributed by atoms with E-state index in [9.17, 15) is 0 Å². The number of hydrogen-bond donors (Lipinski definition) is 1. The van der Waals surface area contributed by atoms with Crippen LogP contribution in [0.15, 0.2) is 0 Å². The predicted octanol–water partition coefficient (Wildman–Crippen LogP) is 1.09. The number of nitrogens with one attached hydrogen (secondary N) is 1. The van der Waals surface area contributed by atoms with Crippen molar-refractivity contribution in [2.45, 2.75) is 45.9 Å². The van der Waals surface area contributed by atoms with Gasteiger partial charge in [-0.3, -0.25) is 4.90 Å². The molecule has 3 heteroatoms. The van der Waals surface area contributed by atoms with E-state index in [1.54, 1.807) is 0 Å². The van der Waals surface area contributed by atoms with Crippen LogP contribution < -0.4 is 5.32 Å². The van der Waals surface area contributed by atoms with E-state index < -0.39 is 0 Å². The third-order valence-corrected chi connectivity index (χ3v) is 2.87. The van der Waals surface area contributed by atoms with E-state index in [4.69, 9.17) is 4.74 Å². The van der Waals surface area contributed by atoms with Crippen LogP contribution in [-0.2, 0) is 4.74 Å². The van der Waals surface area contributed by atoms with E-state index >= 15 is 0 Å². The Kier molecular flexibility index (Phi) is 4.85. The van der Waals surface area contributed by atoms with Gasteiger partial charge in [0.2, 0.25) is 0 Å². The highest BCUT2D eigenvalue weighted by Crippen LogP contribution is 2.17. The number of fused-ring (bicyclic) bond motifs is 1. The van der Waals surface area contributed by atoms with E-state index in [-0.39, 0.29) is 0 Å². The fourth-order valence-electron chi connectivity index (χ4n) is 2.04. The van der Waals surface area contributed by atoms with Gasteiger partial charge in [-0.2, -0.15) is 0 Å². The zero-order chi connectivity index (χ0) is 10.6. The van der Waals surface area contributed by atoms with Crippen LogP contribution in [0, 0.1) is 0 Å². The highest BCUT2D eigenvalue weighted by atomic mass is 16.5. The van der Waals surface area contributed by atoms with Crippen LogP contribution in [0.2, 0.25) is 0 Å². The number of likely N-dealkylation sites (tertiary alicyclic amines) is 1. The molecule has 2 atom stereocenters. The molecule has 0 spiro atoms. The molecule has 0 bridgehead atoms. The van der Waals surface area contributed by atoms with Gasteiger partial charge in [-0.1, -0.05) is 13.8 Å². The lowest BCUT2D eigenvalue weighted by Gasteiger charge is -2.25. The monoisotopic (exact) mass is 200 g/mol. The molecule has 2 unspecified atom stereocenters. The third-order valence-electron chi connectivity index (χ3n) is 2.87. The van der Waals surface area contributed by atoms with Crippen molar-refractivity contribution < 1.29 is 4.74 Å². The van der Waals surface area contributed by atoms with Crippen LogP contribution in [0.4, 0.5) is 0 Å². The Bertz CT molecular complexity index is 147. The third kappa shape index (κ3) is 2.69. The molecule has 84 valence electrons. The van der Waals surface area contributed by atoms with Crippen LogP contribution in [0.3, 0.4) is 0 Å². The first-order valence-electron chi connectivity index (χ1n) is 5.86. The number of morpholine rings is 1. The molecule has 2 heterocycles. The van der Waals surface area contributed by atoms with Crippen molar-refractivity contribution in [3.8, 4) is 0 Å². The number of ether oxygens (including phenoxy) is 1. The summed E-state index contributed by atoms with van der Waals surface area (Å²) in [6, 6.07) is 1.24. The zero-order valence-electron chi connectivity index (χ0n) is 9.92. The first-order chi connectivity index (χ1) is 6.77. The lowest BCUT2D eigenvalue weighted by Crippen LogP contribution is -2.47. The van der Waals surface area contributed by atoms with E-state index in [0.717, 1.165) is 26.2 Å². The molecule has 0 aromatic heterocycles. The lowest BCUT2D eigenvalue weighted by molar-refractivity contribution is 0.0169. The normalized spacial score (nSPS) is 32.4. The maximum Gasteiger partial charge on any atom is 0.0867 e. The number of hydrogen-bond acceptors (Lipinski definition) is 3. The van der Waals surface area contributed by atoms with Crippen molar-refractivity contribution in [1.29, 1.82) is 0 Å². The summed E-state index contributed by atoms with van der Waals surface area (Å²) in [5.41, 5.74) is 0. The predicted molar refractivity (Wildman–Crippen MR) is 59.6 cm³/mol. The minimum absolute atomic E-state index is 0.446. The number of rotatable bonds is 1. The SMILES string of the molecule is CC.CC(C)N1CC2NCCOC2C1. The van der Waals surface area contributed by atoms with Crippen molar-refractivity contribution >= 4 is 0 Å². The van der Waals surface area contributed by atoms with Gasteiger partial charge in [0.25, 0.3) is 0 Å². The minimum Gasteiger partial charge on any atom is -0.374 e. The molecule has 0 aromatic carbocycles. The van der Waals surface area contributed by atoms with Crippen molar-refractivity contribution in [1.82, 2.24) is 10.2 Å². The molecule has 2 fully saturated rings. The Morgan fingerprint density at radius 2 is 2.00 bits per heavy atom. The van der Waals surface area contributed by atoms with E-state index in [1.807, 2.05) is 13.8 Å². The van der Waals surface area contributed by atoms with Crippen LogP contribution >= 0.6 is 0 Å². The fraction of sp³-hybridized carbons (Fsp3) is 1.00. The van der Waals surface area contributed by atoms with Gasteiger partial charge in [-0.05, 0) is 13.8 Å². The summed E-state index contributed by atoms with van der Waals surface area (Å²) in [5, 5.41) is 3.50. The zero-order valence-corrected chi connectivity index (χ0v) is 9.92. The molecule has 2 aliphatic heterocycles. The van der Waals surface area contributed by atoms with E-state index in [0.29, 0.717) is 18.2 Å². The van der Waals surface area contributed by atoms with Crippen molar-refractivity contribution in [3.63, 3.8) is 0 Å². The first-order valence-corrected chi connectivity index (χ1v) is 5.86. The Morgan fingerprint density at radius 3 is 2.57 bits per heavy atom. The van der Waals surface area contributed by atoms with Crippen LogP contribution in [-0.4, -0.2) is 49.3 Å². The Morgan fingerprint density at radius 1 is 1.29 bits per heavy atom. The second-order valence-corrected chi connectivity index (χ2v) is 4.02. The van der Waals surface area contributed by atoms with Crippen LogP contribution in [0.1, 0.15) is 27.7 Å². The highest BCUT2D eigenvalue weighted by molar-refractivity contribution is 4.93. The molecular weight excluding hydrogens is 176 g/mol. The molecular formula is C11H24N2O. The second kappa shape index (κ2) is 5.69. The molecule has 2 saturated heterocycles. The molecule has 3 nitrogen and oxygen atoms in total. The molecule has 0 aromatic rings. The summed E-state index contributed by atoms with van der Waals surface area (Å²) in [4.78, 5) is 2.48. The smallest absolute Gasteiger partial charge is 0.0867 e. The molecule has 14 heavy (non-hydrogen) atoms. The largest absolute Gasteiger partial charge is 0.374 e. The standard InChI is InChI=1S/C9H18N2O.C2H6/c1-7(2)11-5-8-9(6-11)12-4-3-10-8;1-2/h7-10H,3-6H2,1-2H3;1-2H3. The van der Waals surface area contributed by atoms with Crippen LogP contribution in [0.25, 0.3) is 0 Å². The van der Waals surface area contributed by atoms with Crippen molar-refractivity contribution in [3.05, 3.63) is 0 Å². The summed E-state index contributed by atoms with van der Waals surface area (Å²) < 4.78 is 5.68. The Hall–Kier alpha value is -0.120. The van der Waals surface area contributed by atoms with Gasteiger partial charge < -0.3 is 10.1 Å². The van der Waals surface area contributed by atoms with Crippen molar-refractivity contribution in [2.75, 3.05) is 26.2 Å². The van der Waals surface area contributed by atoms with Gasteiger partial charge in [-0.15, -0.1) is 0 Å². The number of nitrogens with zero attached hydrogens (tertiary/aromatic N) is 1. The quantitative estimate of drug-likeness (QED) is 0.686. The molecule has 2 aliphatic rings. The van der Waals surface area contributed by atoms with E-state index in [2.05, 4.69) is 24.1 Å². The second-order valence-electron chi connectivity index (χ2n) is 4.02.